The number of epoxide rings is 1. The standard InChI is InChI=1S/C31H47NO8/c1-4-5-6-7-8-9-10-11-12-16-19-35-30-25(32-21(2)33)28(37-22(3)34)27-24(38-30)20-36-31(40-27)29-26(39-29)23-17-14-13-15-18-23/h13-15,17-18,24-31H,4-12,16,19-20H2,1-3H3,(H,32,33)/t24-,25-,26-,27-,28+,29+,30-,31-/m1/s1. The van der Waals surface area contributed by atoms with Crippen molar-refractivity contribution < 1.29 is 38.0 Å². The van der Waals surface area contributed by atoms with E-state index < -0.39 is 42.9 Å². The van der Waals surface area contributed by atoms with Crippen molar-refractivity contribution in [3.63, 3.8) is 0 Å². The van der Waals surface area contributed by atoms with Gasteiger partial charge in [0.2, 0.25) is 5.91 Å². The highest BCUT2D eigenvalue weighted by molar-refractivity contribution is 5.73. The number of carbonyl (C=O) groups excluding carboxylic acids is 2. The lowest BCUT2D eigenvalue weighted by Crippen LogP contribution is -2.68. The molecule has 0 aromatic heterocycles. The molecule has 40 heavy (non-hydrogen) atoms. The summed E-state index contributed by atoms with van der Waals surface area (Å²) in [5.41, 5.74) is 1.05. The molecule has 3 heterocycles. The maximum absolute atomic E-state index is 12.1. The summed E-state index contributed by atoms with van der Waals surface area (Å²) in [5.74, 6) is -0.735. The van der Waals surface area contributed by atoms with Gasteiger partial charge in [0.25, 0.3) is 0 Å². The van der Waals surface area contributed by atoms with Crippen LogP contribution in [0.15, 0.2) is 30.3 Å². The van der Waals surface area contributed by atoms with Crippen LogP contribution in [0, 0.1) is 0 Å². The van der Waals surface area contributed by atoms with E-state index in [4.69, 9.17) is 28.4 Å². The first-order chi connectivity index (χ1) is 19.5. The van der Waals surface area contributed by atoms with Crippen molar-refractivity contribution in [1.82, 2.24) is 5.32 Å². The van der Waals surface area contributed by atoms with E-state index >= 15 is 0 Å². The van der Waals surface area contributed by atoms with E-state index in [0.717, 1.165) is 18.4 Å². The van der Waals surface area contributed by atoms with Crippen molar-refractivity contribution in [2.24, 2.45) is 0 Å². The van der Waals surface area contributed by atoms with E-state index in [1.54, 1.807) is 0 Å². The van der Waals surface area contributed by atoms with Gasteiger partial charge >= 0.3 is 5.97 Å². The largest absolute Gasteiger partial charge is 0.457 e. The van der Waals surface area contributed by atoms with Crippen LogP contribution in [-0.2, 0) is 38.0 Å². The zero-order chi connectivity index (χ0) is 28.3. The van der Waals surface area contributed by atoms with Crippen LogP contribution in [0.4, 0.5) is 0 Å². The third-order valence-electron chi connectivity index (χ3n) is 7.74. The van der Waals surface area contributed by atoms with Gasteiger partial charge in [-0.2, -0.15) is 0 Å². The number of fused-ring (bicyclic) bond motifs is 1. The minimum absolute atomic E-state index is 0.122. The van der Waals surface area contributed by atoms with Gasteiger partial charge < -0.3 is 33.7 Å². The summed E-state index contributed by atoms with van der Waals surface area (Å²) in [5, 5.41) is 2.89. The van der Waals surface area contributed by atoms with E-state index in [9.17, 15) is 9.59 Å². The molecular weight excluding hydrogens is 514 g/mol. The minimum atomic E-state index is -0.793. The second-order valence-electron chi connectivity index (χ2n) is 11.1. The molecular formula is C31H47NO8. The van der Waals surface area contributed by atoms with Gasteiger partial charge in [0, 0.05) is 20.5 Å². The van der Waals surface area contributed by atoms with Gasteiger partial charge in [-0.25, -0.2) is 0 Å². The quantitative estimate of drug-likeness (QED) is 0.171. The molecule has 1 N–H and O–H groups in total. The molecule has 3 fully saturated rings. The fraction of sp³-hybridized carbons (Fsp3) is 0.742. The maximum atomic E-state index is 12.1. The zero-order valence-electron chi connectivity index (χ0n) is 24.3. The number of esters is 1. The van der Waals surface area contributed by atoms with Crippen LogP contribution in [0.1, 0.15) is 96.6 Å². The Kier molecular flexibility index (Phi) is 12.2. The Balaban J connectivity index is 1.29. The molecule has 3 aliphatic heterocycles. The molecule has 224 valence electrons. The first-order valence-electron chi connectivity index (χ1n) is 15.2. The van der Waals surface area contributed by atoms with Crippen LogP contribution in [0.3, 0.4) is 0 Å². The highest BCUT2D eigenvalue weighted by Crippen LogP contribution is 2.44. The number of amides is 1. The average Bonchev–Trinajstić information content (AvgIpc) is 3.74. The molecule has 1 aromatic carbocycles. The van der Waals surface area contributed by atoms with Gasteiger partial charge in [-0.3, -0.25) is 9.59 Å². The number of ether oxygens (including phenoxy) is 6. The summed E-state index contributed by atoms with van der Waals surface area (Å²) >= 11 is 0. The average molecular weight is 562 g/mol. The van der Waals surface area contributed by atoms with Gasteiger partial charge in [-0.15, -0.1) is 0 Å². The number of hydrogen-bond donors (Lipinski definition) is 1. The fourth-order valence-corrected chi connectivity index (χ4v) is 5.65. The monoisotopic (exact) mass is 561 g/mol. The summed E-state index contributed by atoms with van der Waals surface area (Å²) < 4.78 is 36.3. The number of unbranched alkanes of at least 4 members (excludes halogenated alkanes) is 9. The van der Waals surface area contributed by atoms with Gasteiger partial charge in [-0.05, 0) is 12.0 Å². The van der Waals surface area contributed by atoms with E-state index in [0.29, 0.717) is 6.61 Å². The van der Waals surface area contributed by atoms with E-state index in [2.05, 4.69) is 12.2 Å². The Bertz CT molecular complexity index is 914. The molecule has 0 radical (unpaired) electrons. The molecule has 0 unspecified atom stereocenters. The first-order valence-corrected chi connectivity index (χ1v) is 15.2. The summed E-state index contributed by atoms with van der Waals surface area (Å²) in [6.07, 6.45) is 8.50. The second kappa shape index (κ2) is 15.8. The molecule has 0 spiro atoms. The molecule has 1 amide bonds. The van der Waals surface area contributed by atoms with Gasteiger partial charge in [0.15, 0.2) is 18.7 Å². The highest BCUT2D eigenvalue weighted by atomic mass is 16.8. The smallest absolute Gasteiger partial charge is 0.303 e. The molecule has 8 atom stereocenters. The van der Waals surface area contributed by atoms with E-state index in [-0.39, 0.29) is 24.7 Å². The zero-order valence-corrected chi connectivity index (χ0v) is 24.3. The molecule has 1 aromatic rings. The van der Waals surface area contributed by atoms with Crippen molar-refractivity contribution in [2.75, 3.05) is 13.2 Å². The summed E-state index contributed by atoms with van der Waals surface area (Å²) in [6, 6.07) is 9.18. The molecule has 0 saturated carbocycles. The lowest BCUT2D eigenvalue weighted by Gasteiger charge is -2.48. The first kappa shape index (κ1) is 30.9. The summed E-state index contributed by atoms with van der Waals surface area (Å²) in [7, 11) is 0. The predicted octanol–water partition coefficient (Wildman–Crippen LogP) is 4.97. The van der Waals surface area contributed by atoms with Crippen LogP contribution in [0.25, 0.3) is 0 Å². The molecule has 0 aliphatic carbocycles. The van der Waals surface area contributed by atoms with E-state index in [1.807, 2.05) is 30.3 Å². The minimum Gasteiger partial charge on any atom is -0.457 e. The number of hydrogen-bond acceptors (Lipinski definition) is 8. The lowest BCUT2D eigenvalue weighted by atomic mass is 9.95. The molecule has 4 rings (SSSR count). The van der Waals surface area contributed by atoms with Crippen LogP contribution in [0.2, 0.25) is 0 Å². The van der Waals surface area contributed by atoms with Crippen molar-refractivity contribution in [1.29, 1.82) is 0 Å². The number of benzene rings is 1. The fourth-order valence-electron chi connectivity index (χ4n) is 5.65. The van der Waals surface area contributed by atoms with Crippen LogP contribution in [0.5, 0.6) is 0 Å². The summed E-state index contributed by atoms with van der Waals surface area (Å²) in [4.78, 5) is 24.3. The Morgan fingerprint density at radius 3 is 2.20 bits per heavy atom. The Morgan fingerprint density at radius 1 is 0.875 bits per heavy atom. The third kappa shape index (κ3) is 8.98. The number of carbonyl (C=O) groups is 2. The molecule has 9 nitrogen and oxygen atoms in total. The SMILES string of the molecule is CCCCCCCCCCCCO[C@@H]1O[C@@H]2CO[C@@H]([C@H]3O[C@@H]3c3ccccc3)O[C@H]2[C@@H](OC(C)=O)[C@H]1NC(C)=O. The van der Waals surface area contributed by atoms with E-state index in [1.165, 1.54) is 65.2 Å². The molecule has 3 aliphatic rings. The van der Waals surface area contributed by atoms with Crippen molar-refractivity contribution >= 4 is 11.9 Å². The molecule has 0 bridgehead atoms. The third-order valence-corrected chi connectivity index (χ3v) is 7.74. The van der Waals surface area contributed by atoms with Gasteiger partial charge in [-0.1, -0.05) is 95.0 Å². The Hall–Kier alpha value is -2.04. The van der Waals surface area contributed by atoms with Gasteiger partial charge in [0.05, 0.1) is 6.61 Å². The van der Waals surface area contributed by atoms with Crippen molar-refractivity contribution in [3.05, 3.63) is 35.9 Å². The predicted molar refractivity (Wildman–Crippen MR) is 148 cm³/mol. The number of nitrogens with one attached hydrogen (secondary N) is 1. The number of rotatable bonds is 16. The topological polar surface area (TPSA) is 105 Å². The molecule has 9 heteroatoms. The van der Waals surface area contributed by atoms with Crippen LogP contribution >= 0.6 is 0 Å². The Labute approximate surface area is 238 Å². The highest BCUT2D eigenvalue weighted by Gasteiger charge is 2.56. The van der Waals surface area contributed by atoms with Crippen molar-refractivity contribution in [2.45, 2.75) is 134 Å². The summed E-state index contributed by atoms with van der Waals surface area (Å²) in [6.45, 7) is 5.73. The van der Waals surface area contributed by atoms with Crippen LogP contribution < -0.4 is 5.32 Å². The normalized spacial score (nSPS) is 31.3. The van der Waals surface area contributed by atoms with Crippen LogP contribution in [-0.4, -0.2) is 68.1 Å². The maximum Gasteiger partial charge on any atom is 0.303 e. The lowest BCUT2D eigenvalue weighted by molar-refractivity contribution is -0.344. The Morgan fingerprint density at radius 2 is 1.55 bits per heavy atom. The van der Waals surface area contributed by atoms with Gasteiger partial charge in [0.1, 0.15) is 30.5 Å². The second-order valence-corrected chi connectivity index (χ2v) is 11.1. The molecule has 3 saturated heterocycles. The van der Waals surface area contributed by atoms with Crippen molar-refractivity contribution in [3.8, 4) is 0 Å².